The van der Waals surface area contributed by atoms with Crippen LogP contribution in [0.3, 0.4) is 0 Å². The number of aliphatic carboxylic acids is 1. The van der Waals surface area contributed by atoms with Crippen molar-refractivity contribution in [3.8, 4) is 5.75 Å². The molecule has 1 aromatic rings. The lowest BCUT2D eigenvalue weighted by molar-refractivity contribution is -0.225. The van der Waals surface area contributed by atoms with E-state index in [1.165, 1.54) is 24.3 Å². The summed E-state index contributed by atoms with van der Waals surface area (Å²) in [6.45, 7) is 1.14. The summed E-state index contributed by atoms with van der Waals surface area (Å²) >= 11 is 0. The highest BCUT2D eigenvalue weighted by Crippen LogP contribution is 2.36. The van der Waals surface area contributed by atoms with E-state index in [1.807, 2.05) is 0 Å². The largest absolute Gasteiger partial charge is 0.494 e. The standard InChI is InChI=1S/C12H13F3O4/c1-2-18-9-5-3-8(4-6-9)11(12(13,14)15)19-7-10(16)17/h3-6,11H,2,7H2,1H3,(H,16,17)/t11-/m0/s1. The first-order chi connectivity index (χ1) is 8.84. The van der Waals surface area contributed by atoms with Gasteiger partial charge in [-0.2, -0.15) is 13.2 Å². The second-order valence-corrected chi connectivity index (χ2v) is 3.63. The van der Waals surface area contributed by atoms with Gasteiger partial charge in [-0.25, -0.2) is 4.79 Å². The monoisotopic (exact) mass is 278 g/mol. The third-order valence-electron chi connectivity index (χ3n) is 2.16. The number of rotatable bonds is 6. The zero-order valence-electron chi connectivity index (χ0n) is 10.1. The molecular formula is C12H13F3O4. The molecule has 7 heteroatoms. The topological polar surface area (TPSA) is 55.8 Å². The Bertz CT molecular complexity index is 414. The van der Waals surface area contributed by atoms with Crippen LogP contribution in [-0.4, -0.2) is 30.5 Å². The Hall–Kier alpha value is -1.76. The number of benzene rings is 1. The maximum Gasteiger partial charge on any atom is 0.418 e. The van der Waals surface area contributed by atoms with Gasteiger partial charge in [0, 0.05) is 0 Å². The molecule has 1 aromatic carbocycles. The number of carboxylic acid groups (broad SMARTS) is 1. The average Bonchev–Trinajstić information content (AvgIpc) is 2.29. The fourth-order valence-corrected chi connectivity index (χ4v) is 1.44. The Morgan fingerprint density at radius 1 is 1.32 bits per heavy atom. The Balaban J connectivity index is 2.87. The first kappa shape index (κ1) is 15.3. The van der Waals surface area contributed by atoms with E-state index in [0.29, 0.717) is 12.4 Å². The van der Waals surface area contributed by atoms with Crippen molar-refractivity contribution >= 4 is 5.97 Å². The number of hydrogen-bond acceptors (Lipinski definition) is 3. The molecule has 1 N–H and O–H groups in total. The highest BCUT2D eigenvalue weighted by atomic mass is 19.4. The van der Waals surface area contributed by atoms with Crippen LogP contribution in [-0.2, 0) is 9.53 Å². The number of halogens is 3. The quantitative estimate of drug-likeness (QED) is 0.869. The number of carbonyl (C=O) groups is 1. The summed E-state index contributed by atoms with van der Waals surface area (Å²) in [4.78, 5) is 10.3. The molecule has 4 nitrogen and oxygen atoms in total. The zero-order valence-corrected chi connectivity index (χ0v) is 10.1. The molecule has 1 rings (SSSR count). The molecule has 0 heterocycles. The summed E-state index contributed by atoms with van der Waals surface area (Å²) < 4.78 is 47.8. The molecule has 19 heavy (non-hydrogen) atoms. The zero-order chi connectivity index (χ0) is 14.5. The molecule has 0 spiro atoms. The van der Waals surface area contributed by atoms with Gasteiger partial charge in [0.05, 0.1) is 6.61 Å². The Morgan fingerprint density at radius 2 is 1.89 bits per heavy atom. The van der Waals surface area contributed by atoms with Crippen molar-refractivity contribution in [2.45, 2.75) is 19.2 Å². The molecule has 0 bridgehead atoms. The molecule has 0 fully saturated rings. The molecular weight excluding hydrogens is 265 g/mol. The van der Waals surface area contributed by atoms with Crippen LogP contribution >= 0.6 is 0 Å². The van der Waals surface area contributed by atoms with Crippen LogP contribution < -0.4 is 4.74 Å². The predicted octanol–water partition coefficient (Wildman–Crippen LogP) is 2.79. The minimum Gasteiger partial charge on any atom is -0.494 e. The van der Waals surface area contributed by atoms with Crippen molar-refractivity contribution in [3.63, 3.8) is 0 Å². The van der Waals surface area contributed by atoms with Crippen LogP contribution in [0.1, 0.15) is 18.6 Å². The highest BCUT2D eigenvalue weighted by Gasteiger charge is 2.42. The highest BCUT2D eigenvalue weighted by molar-refractivity contribution is 5.68. The van der Waals surface area contributed by atoms with E-state index in [1.54, 1.807) is 6.92 Å². The van der Waals surface area contributed by atoms with Gasteiger partial charge in [-0.1, -0.05) is 12.1 Å². The normalized spacial score (nSPS) is 13.1. The molecule has 0 amide bonds. The van der Waals surface area contributed by atoms with Crippen LogP contribution in [0.25, 0.3) is 0 Å². The third kappa shape index (κ3) is 4.78. The van der Waals surface area contributed by atoms with Gasteiger partial charge in [-0.3, -0.25) is 0 Å². The number of carboxylic acids is 1. The van der Waals surface area contributed by atoms with E-state index in [4.69, 9.17) is 9.84 Å². The number of alkyl halides is 3. The van der Waals surface area contributed by atoms with Crippen molar-refractivity contribution in [3.05, 3.63) is 29.8 Å². The van der Waals surface area contributed by atoms with Gasteiger partial charge in [0.2, 0.25) is 0 Å². The van der Waals surface area contributed by atoms with Crippen LogP contribution in [0.15, 0.2) is 24.3 Å². The number of hydrogen-bond donors (Lipinski definition) is 1. The van der Waals surface area contributed by atoms with Gasteiger partial charge < -0.3 is 14.6 Å². The van der Waals surface area contributed by atoms with Crippen LogP contribution in [0.5, 0.6) is 5.75 Å². The fraction of sp³-hybridized carbons (Fsp3) is 0.417. The van der Waals surface area contributed by atoms with Crippen LogP contribution in [0.4, 0.5) is 13.2 Å². The maximum absolute atomic E-state index is 12.8. The molecule has 1 atom stereocenters. The van der Waals surface area contributed by atoms with Crippen molar-refractivity contribution < 1.29 is 32.5 Å². The molecule has 0 aliphatic carbocycles. The van der Waals surface area contributed by atoms with E-state index in [9.17, 15) is 18.0 Å². The first-order valence-corrected chi connectivity index (χ1v) is 5.47. The smallest absolute Gasteiger partial charge is 0.418 e. The van der Waals surface area contributed by atoms with Gasteiger partial charge in [0.1, 0.15) is 12.4 Å². The average molecular weight is 278 g/mol. The molecule has 106 valence electrons. The van der Waals surface area contributed by atoms with Gasteiger partial charge in [-0.15, -0.1) is 0 Å². The molecule has 0 saturated carbocycles. The van der Waals surface area contributed by atoms with E-state index in [-0.39, 0.29) is 5.56 Å². The molecule has 0 saturated heterocycles. The number of ether oxygens (including phenoxy) is 2. The molecule has 0 aromatic heterocycles. The second kappa shape index (κ2) is 6.42. The SMILES string of the molecule is CCOc1ccc([C@H](OCC(=O)O)C(F)(F)F)cc1. The lowest BCUT2D eigenvalue weighted by atomic mass is 10.1. The molecule has 0 unspecified atom stereocenters. The van der Waals surface area contributed by atoms with Gasteiger partial charge in [0.25, 0.3) is 0 Å². The van der Waals surface area contributed by atoms with Gasteiger partial charge in [-0.05, 0) is 24.6 Å². The summed E-state index contributed by atoms with van der Waals surface area (Å²) in [5.74, 6) is -1.02. The minimum atomic E-state index is -4.68. The van der Waals surface area contributed by atoms with Crippen molar-refractivity contribution in [1.82, 2.24) is 0 Å². The second-order valence-electron chi connectivity index (χ2n) is 3.63. The Kier molecular flexibility index (Phi) is 5.17. The van der Waals surface area contributed by atoms with Crippen molar-refractivity contribution in [1.29, 1.82) is 0 Å². The van der Waals surface area contributed by atoms with E-state index >= 15 is 0 Å². The molecule has 0 aliphatic heterocycles. The minimum absolute atomic E-state index is 0.169. The molecule has 0 aliphatic rings. The molecule has 0 radical (unpaired) electrons. The lowest BCUT2D eigenvalue weighted by Crippen LogP contribution is -2.25. The summed E-state index contributed by atoms with van der Waals surface area (Å²) in [6.07, 6.45) is -6.94. The fourth-order valence-electron chi connectivity index (χ4n) is 1.44. The Labute approximate surface area is 107 Å². The first-order valence-electron chi connectivity index (χ1n) is 5.47. The summed E-state index contributed by atoms with van der Waals surface area (Å²) in [6, 6.07) is 5.15. The van der Waals surface area contributed by atoms with E-state index in [0.717, 1.165) is 0 Å². The van der Waals surface area contributed by atoms with Gasteiger partial charge >= 0.3 is 12.1 Å². The van der Waals surface area contributed by atoms with Crippen LogP contribution in [0.2, 0.25) is 0 Å². The van der Waals surface area contributed by atoms with Crippen molar-refractivity contribution in [2.75, 3.05) is 13.2 Å². The van der Waals surface area contributed by atoms with Crippen LogP contribution in [0, 0.1) is 0 Å². The van der Waals surface area contributed by atoms with E-state index in [2.05, 4.69) is 4.74 Å². The van der Waals surface area contributed by atoms with E-state index < -0.39 is 24.9 Å². The van der Waals surface area contributed by atoms with Crippen molar-refractivity contribution in [2.24, 2.45) is 0 Å². The summed E-state index contributed by atoms with van der Waals surface area (Å²) in [5, 5.41) is 8.38. The summed E-state index contributed by atoms with van der Waals surface area (Å²) in [5.41, 5.74) is -0.169. The maximum atomic E-state index is 12.8. The lowest BCUT2D eigenvalue weighted by Gasteiger charge is -2.20. The summed E-state index contributed by atoms with van der Waals surface area (Å²) in [7, 11) is 0. The van der Waals surface area contributed by atoms with Gasteiger partial charge in [0.15, 0.2) is 6.10 Å². The Morgan fingerprint density at radius 3 is 2.32 bits per heavy atom. The third-order valence-corrected chi connectivity index (χ3v) is 2.16. The predicted molar refractivity (Wildman–Crippen MR) is 60.0 cm³/mol.